The van der Waals surface area contributed by atoms with Gasteiger partial charge in [0.1, 0.15) is 11.6 Å². The van der Waals surface area contributed by atoms with Crippen molar-refractivity contribution in [3.8, 4) is 0 Å². The van der Waals surface area contributed by atoms with Crippen molar-refractivity contribution in [2.75, 3.05) is 5.32 Å². The van der Waals surface area contributed by atoms with Gasteiger partial charge in [-0.25, -0.2) is 0 Å². The van der Waals surface area contributed by atoms with Gasteiger partial charge in [-0.15, -0.1) is 0 Å². The van der Waals surface area contributed by atoms with Gasteiger partial charge in [-0.1, -0.05) is 12.1 Å². The Morgan fingerprint density at radius 3 is 2.93 bits per heavy atom. The van der Waals surface area contributed by atoms with Crippen LogP contribution in [0, 0.1) is 0 Å². The first kappa shape index (κ1) is 9.51. The molecule has 5 heteroatoms. The number of oxazole rings is 1. The standard InChI is InChI=1S/C10H10N2O3/c1-6(9(13)14)11-10-12-7-4-2-3-5-8(7)15-10/h2-6H,1H3,(H,11,12)(H,13,14). The molecule has 2 rings (SSSR count). The monoisotopic (exact) mass is 206 g/mol. The highest BCUT2D eigenvalue weighted by Crippen LogP contribution is 2.18. The maximum absolute atomic E-state index is 10.6. The number of fused-ring (bicyclic) bond motifs is 1. The molecule has 0 saturated heterocycles. The minimum absolute atomic E-state index is 0.228. The molecule has 0 fully saturated rings. The molecule has 2 N–H and O–H groups in total. The van der Waals surface area contributed by atoms with Crippen molar-refractivity contribution >= 4 is 23.1 Å². The van der Waals surface area contributed by atoms with Crippen molar-refractivity contribution in [1.29, 1.82) is 0 Å². The van der Waals surface area contributed by atoms with E-state index in [9.17, 15) is 4.79 Å². The fourth-order valence-corrected chi connectivity index (χ4v) is 1.18. The lowest BCUT2D eigenvalue weighted by Gasteiger charge is -2.04. The van der Waals surface area contributed by atoms with Crippen molar-refractivity contribution in [2.45, 2.75) is 13.0 Å². The SMILES string of the molecule is CC(Nc1nc2ccccc2o1)C(=O)O. The topological polar surface area (TPSA) is 75.4 Å². The Morgan fingerprint density at radius 2 is 2.27 bits per heavy atom. The molecule has 2 aromatic rings. The molecule has 1 aromatic heterocycles. The van der Waals surface area contributed by atoms with Crippen LogP contribution in [-0.4, -0.2) is 22.1 Å². The Hall–Kier alpha value is -2.04. The number of aliphatic carboxylic acids is 1. The van der Waals surface area contributed by atoms with Crippen LogP contribution in [0.3, 0.4) is 0 Å². The molecule has 0 spiro atoms. The molecule has 1 heterocycles. The van der Waals surface area contributed by atoms with Gasteiger partial charge >= 0.3 is 5.97 Å². The maximum Gasteiger partial charge on any atom is 0.325 e. The second-order valence-electron chi connectivity index (χ2n) is 3.19. The predicted molar refractivity (Wildman–Crippen MR) is 54.7 cm³/mol. The number of para-hydroxylation sites is 2. The molecule has 1 unspecified atom stereocenters. The number of benzene rings is 1. The normalized spacial score (nSPS) is 12.6. The van der Waals surface area contributed by atoms with E-state index in [2.05, 4.69) is 10.3 Å². The third kappa shape index (κ3) is 1.90. The number of carboxylic acid groups (broad SMARTS) is 1. The third-order valence-electron chi connectivity index (χ3n) is 2.00. The average Bonchev–Trinajstić information content (AvgIpc) is 2.59. The van der Waals surface area contributed by atoms with E-state index >= 15 is 0 Å². The molecule has 0 aliphatic heterocycles. The van der Waals surface area contributed by atoms with Gasteiger partial charge in [0.05, 0.1) is 0 Å². The van der Waals surface area contributed by atoms with Crippen LogP contribution in [0.1, 0.15) is 6.92 Å². The van der Waals surface area contributed by atoms with Crippen molar-refractivity contribution in [3.05, 3.63) is 24.3 Å². The lowest BCUT2D eigenvalue weighted by Crippen LogP contribution is -2.25. The number of anilines is 1. The van der Waals surface area contributed by atoms with Crippen LogP contribution < -0.4 is 5.32 Å². The van der Waals surface area contributed by atoms with Gasteiger partial charge < -0.3 is 14.8 Å². The van der Waals surface area contributed by atoms with E-state index in [-0.39, 0.29) is 6.01 Å². The first-order chi connectivity index (χ1) is 7.16. The molecular weight excluding hydrogens is 196 g/mol. The smallest absolute Gasteiger partial charge is 0.325 e. The minimum atomic E-state index is -0.947. The average molecular weight is 206 g/mol. The van der Waals surface area contributed by atoms with Crippen LogP contribution in [0.2, 0.25) is 0 Å². The Bertz CT molecular complexity index is 459. The lowest BCUT2D eigenvalue weighted by molar-refractivity contribution is -0.137. The molecule has 1 atom stereocenters. The summed E-state index contributed by atoms with van der Waals surface area (Å²) in [5.74, 6) is -0.947. The van der Waals surface area contributed by atoms with Gasteiger partial charge in [0.2, 0.25) is 0 Å². The van der Waals surface area contributed by atoms with Crippen LogP contribution in [0.15, 0.2) is 28.7 Å². The van der Waals surface area contributed by atoms with E-state index in [1.165, 1.54) is 6.92 Å². The van der Waals surface area contributed by atoms with Crippen LogP contribution in [0.4, 0.5) is 6.01 Å². The second-order valence-corrected chi connectivity index (χ2v) is 3.19. The minimum Gasteiger partial charge on any atom is -0.480 e. The Labute approximate surface area is 85.7 Å². The third-order valence-corrected chi connectivity index (χ3v) is 2.00. The number of hydrogen-bond acceptors (Lipinski definition) is 4. The van der Waals surface area contributed by atoms with Gasteiger partial charge in [0.25, 0.3) is 6.01 Å². The highest BCUT2D eigenvalue weighted by Gasteiger charge is 2.13. The molecule has 78 valence electrons. The Morgan fingerprint density at radius 1 is 1.53 bits per heavy atom. The fourth-order valence-electron chi connectivity index (χ4n) is 1.18. The lowest BCUT2D eigenvalue weighted by atomic mass is 10.3. The van der Waals surface area contributed by atoms with Crippen molar-refractivity contribution in [2.24, 2.45) is 0 Å². The van der Waals surface area contributed by atoms with Crippen LogP contribution in [-0.2, 0) is 4.79 Å². The van der Waals surface area contributed by atoms with E-state index < -0.39 is 12.0 Å². The number of carbonyl (C=O) groups is 1. The number of nitrogens with one attached hydrogen (secondary N) is 1. The van der Waals surface area contributed by atoms with Crippen molar-refractivity contribution in [1.82, 2.24) is 4.98 Å². The van der Waals surface area contributed by atoms with Crippen molar-refractivity contribution in [3.63, 3.8) is 0 Å². The fraction of sp³-hybridized carbons (Fsp3) is 0.200. The van der Waals surface area contributed by atoms with Gasteiger partial charge in [-0.05, 0) is 19.1 Å². The molecule has 0 radical (unpaired) electrons. The van der Waals surface area contributed by atoms with Crippen LogP contribution in [0.5, 0.6) is 0 Å². The van der Waals surface area contributed by atoms with Crippen LogP contribution in [0.25, 0.3) is 11.1 Å². The Balaban J connectivity index is 2.26. The molecule has 0 saturated carbocycles. The summed E-state index contributed by atoms with van der Waals surface area (Å²) in [7, 11) is 0. The highest BCUT2D eigenvalue weighted by atomic mass is 16.4. The molecule has 0 aliphatic carbocycles. The summed E-state index contributed by atoms with van der Waals surface area (Å²) in [6, 6.07) is 6.76. The number of rotatable bonds is 3. The molecule has 0 amide bonds. The van der Waals surface area contributed by atoms with Crippen LogP contribution >= 0.6 is 0 Å². The predicted octanol–water partition coefficient (Wildman–Crippen LogP) is 1.71. The second kappa shape index (κ2) is 3.61. The largest absolute Gasteiger partial charge is 0.480 e. The number of aromatic nitrogens is 1. The highest BCUT2D eigenvalue weighted by molar-refractivity contribution is 5.78. The zero-order valence-electron chi connectivity index (χ0n) is 8.10. The molecule has 0 aliphatic rings. The quantitative estimate of drug-likeness (QED) is 0.799. The molecule has 1 aromatic carbocycles. The summed E-state index contributed by atoms with van der Waals surface area (Å²) >= 11 is 0. The summed E-state index contributed by atoms with van der Waals surface area (Å²) < 4.78 is 5.30. The Kier molecular flexibility index (Phi) is 2.29. The maximum atomic E-state index is 10.6. The zero-order valence-corrected chi connectivity index (χ0v) is 8.10. The first-order valence-electron chi connectivity index (χ1n) is 4.52. The molecule has 0 bridgehead atoms. The first-order valence-corrected chi connectivity index (χ1v) is 4.52. The van der Waals surface area contributed by atoms with E-state index in [0.29, 0.717) is 11.1 Å². The summed E-state index contributed by atoms with van der Waals surface area (Å²) in [6.45, 7) is 1.52. The molecular formula is C10H10N2O3. The van der Waals surface area contributed by atoms with E-state index in [0.717, 1.165) is 0 Å². The molecule has 15 heavy (non-hydrogen) atoms. The summed E-state index contributed by atoms with van der Waals surface area (Å²) in [6.07, 6.45) is 0. The summed E-state index contributed by atoms with van der Waals surface area (Å²) in [5.41, 5.74) is 1.34. The summed E-state index contributed by atoms with van der Waals surface area (Å²) in [5, 5.41) is 11.3. The van der Waals surface area contributed by atoms with E-state index in [1.807, 2.05) is 12.1 Å². The molecule has 5 nitrogen and oxygen atoms in total. The summed E-state index contributed by atoms with van der Waals surface area (Å²) in [4.78, 5) is 14.7. The van der Waals surface area contributed by atoms with Gasteiger partial charge in [0, 0.05) is 0 Å². The van der Waals surface area contributed by atoms with Gasteiger partial charge in [-0.3, -0.25) is 4.79 Å². The van der Waals surface area contributed by atoms with Crippen molar-refractivity contribution < 1.29 is 14.3 Å². The van der Waals surface area contributed by atoms with E-state index in [4.69, 9.17) is 9.52 Å². The number of nitrogens with zero attached hydrogens (tertiary/aromatic N) is 1. The zero-order chi connectivity index (χ0) is 10.8. The van der Waals surface area contributed by atoms with Gasteiger partial charge in [0.15, 0.2) is 5.58 Å². The van der Waals surface area contributed by atoms with E-state index in [1.54, 1.807) is 12.1 Å². The number of hydrogen-bond donors (Lipinski definition) is 2. The van der Waals surface area contributed by atoms with Gasteiger partial charge in [-0.2, -0.15) is 4.98 Å². The number of carboxylic acids is 1.